The van der Waals surface area contributed by atoms with Crippen molar-refractivity contribution >= 4 is 44.8 Å². The lowest BCUT2D eigenvalue weighted by Crippen LogP contribution is -2.24. The number of fused-ring (bicyclic) bond motifs is 1. The van der Waals surface area contributed by atoms with E-state index in [1.54, 1.807) is 37.6 Å². The molecule has 2 N–H and O–H groups in total. The van der Waals surface area contributed by atoms with E-state index in [1.807, 2.05) is 5.38 Å². The minimum Gasteiger partial charge on any atom is -0.497 e. The third kappa shape index (κ3) is 3.90. The molecule has 1 atom stereocenters. The molecule has 2 aromatic heterocycles. The van der Waals surface area contributed by atoms with E-state index in [9.17, 15) is 9.59 Å². The molecule has 7 nitrogen and oxygen atoms in total. The Bertz CT molecular complexity index is 983. The van der Waals surface area contributed by atoms with Crippen LogP contribution in [0.5, 0.6) is 5.75 Å². The average molecular weight is 415 g/mol. The molecule has 28 heavy (non-hydrogen) atoms. The van der Waals surface area contributed by atoms with E-state index >= 15 is 0 Å². The Labute approximate surface area is 169 Å². The molecule has 1 unspecified atom stereocenters. The Balaban J connectivity index is 1.49. The van der Waals surface area contributed by atoms with Crippen LogP contribution in [-0.4, -0.2) is 28.9 Å². The molecule has 0 fully saturated rings. The number of anilines is 2. The lowest BCUT2D eigenvalue weighted by molar-refractivity contribution is -0.117. The Hall–Kier alpha value is -2.78. The number of carbonyl (C=O) groups excluding carboxylic acids is 2. The first kappa shape index (κ1) is 18.6. The van der Waals surface area contributed by atoms with E-state index in [4.69, 9.17) is 4.74 Å². The van der Waals surface area contributed by atoms with Crippen LogP contribution in [0.3, 0.4) is 0 Å². The molecule has 9 heteroatoms. The molecule has 0 radical (unpaired) electrons. The van der Waals surface area contributed by atoms with Crippen molar-refractivity contribution < 1.29 is 14.3 Å². The molecule has 0 spiro atoms. The van der Waals surface area contributed by atoms with Crippen LogP contribution >= 0.6 is 22.7 Å². The lowest BCUT2D eigenvalue weighted by atomic mass is 9.90. The lowest BCUT2D eigenvalue weighted by Gasteiger charge is -2.19. The van der Waals surface area contributed by atoms with Crippen LogP contribution in [0, 0.1) is 0 Å². The Morgan fingerprint density at radius 1 is 1.18 bits per heavy atom. The van der Waals surface area contributed by atoms with Crippen molar-refractivity contribution in [1.29, 1.82) is 0 Å². The monoisotopic (exact) mass is 414 g/mol. The van der Waals surface area contributed by atoms with Gasteiger partial charge in [-0.2, -0.15) is 0 Å². The molecular weight excluding hydrogens is 396 g/mol. The average Bonchev–Trinajstić information content (AvgIpc) is 3.36. The number of aromatic nitrogens is 2. The maximum Gasteiger partial charge on any atom is 0.257 e. The third-order valence-electron chi connectivity index (χ3n) is 4.51. The number of aryl methyl sites for hydroxylation is 1. The van der Waals surface area contributed by atoms with Gasteiger partial charge in [0.1, 0.15) is 5.75 Å². The minimum atomic E-state index is -0.324. The van der Waals surface area contributed by atoms with E-state index in [-0.39, 0.29) is 17.7 Å². The second-order valence-corrected chi connectivity index (χ2v) is 8.26. The van der Waals surface area contributed by atoms with Crippen molar-refractivity contribution in [1.82, 2.24) is 9.97 Å². The normalized spacial score (nSPS) is 15.5. The smallest absolute Gasteiger partial charge is 0.257 e. The van der Waals surface area contributed by atoms with Gasteiger partial charge in [-0.15, -0.1) is 22.7 Å². The summed E-state index contributed by atoms with van der Waals surface area (Å²) in [4.78, 5) is 34.9. The Morgan fingerprint density at radius 3 is 2.71 bits per heavy atom. The predicted molar refractivity (Wildman–Crippen MR) is 109 cm³/mol. The quantitative estimate of drug-likeness (QED) is 0.660. The van der Waals surface area contributed by atoms with E-state index < -0.39 is 0 Å². The second-order valence-electron chi connectivity index (χ2n) is 6.28. The van der Waals surface area contributed by atoms with Crippen LogP contribution < -0.4 is 15.4 Å². The van der Waals surface area contributed by atoms with Crippen molar-refractivity contribution in [3.05, 3.63) is 52.0 Å². The number of ether oxygens (including phenoxy) is 1. The van der Waals surface area contributed by atoms with Gasteiger partial charge in [0.15, 0.2) is 10.3 Å². The molecule has 0 aliphatic heterocycles. The molecule has 0 saturated heterocycles. The van der Waals surface area contributed by atoms with Crippen LogP contribution in [0.1, 0.15) is 39.7 Å². The SMILES string of the molecule is COc1ccc(C(=O)Nc2nc3c(s2)CCCC3C(=O)Nc2nccs2)cc1. The summed E-state index contributed by atoms with van der Waals surface area (Å²) in [5.74, 6) is 0.0256. The summed E-state index contributed by atoms with van der Waals surface area (Å²) in [5, 5.41) is 8.61. The van der Waals surface area contributed by atoms with Crippen molar-refractivity contribution in [3.63, 3.8) is 0 Å². The van der Waals surface area contributed by atoms with E-state index in [0.29, 0.717) is 21.6 Å². The van der Waals surface area contributed by atoms with Gasteiger partial charge in [-0.25, -0.2) is 9.97 Å². The summed E-state index contributed by atoms with van der Waals surface area (Å²) in [5.41, 5.74) is 1.28. The largest absolute Gasteiger partial charge is 0.497 e. The number of benzene rings is 1. The summed E-state index contributed by atoms with van der Waals surface area (Å²) >= 11 is 2.82. The number of nitrogens with zero attached hydrogens (tertiary/aromatic N) is 2. The van der Waals surface area contributed by atoms with E-state index in [0.717, 1.165) is 29.8 Å². The topological polar surface area (TPSA) is 93.2 Å². The predicted octanol–water partition coefficient (Wildman–Crippen LogP) is 3.92. The van der Waals surface area contributed by atoms with Crippen LogP contribution in [-0.2, 0) is 11.2 Å². The standard InChI is InChI=1S/C19H18N4O3S2/c1-26-12-7-5-11(6-8-12)16(24)22-19-21-15-13(3-2-4-14(15)28-19)17(25)23-18-20-9-10-27-18/h5-10,13H,2-4H2,1H3,(H,20,23,25)(H,21,22,24). The molecule has 144 valence electrons. The fourth-order valence-electron chi connectivity index (χ4n) is 3.12. The number of nitrogens with one attached hydrogen (secondary N) is 2. The number of carbonyl (C=O) groups is 2. The van der Waals surface area contributed by atoms with Crippen LogP contribution in [0.15, 0.2) is 35.8 Å². The van der Waals surface area contributed by atoms with Gasteiger partial charge in [-0.05, 0) is 43.5 Å². The van der Waals surface area contributed by atoms with Crippen LogP contribution in [0.2, 0.25) is 0 Å². The Morgan fingerprint density at radius 2 is 2.00 bits per heavy atom. The molecule has 4 rings (SSSR count). The van der Waals surface area contributed by atoms with Crippen LogP contribution in [0.25, 0.3) is 0 Å². The van der Waals surface area contributed by atoms with E-state index in [1.165, 1.54) is 22.7 Å². The van der Waals surface area contributed by atoms with Gasteiger partial charge in [0.2, 0.25) is 5.91 Å². The number of hydrogen-bond acceptors (Lipinski definition) is 7. The highest BCUT2D eigenvalue weighted by atomic mass is 32.1. The number of methoxy groups -OCH3 is 1. The van der Waals surface area contributed by atoms with Gasteiger partial charge >= 0.3 is 0 Å². The number of rotatable bonds is 5. The zero-order valence-corrected chi connectivity index (χ0v) is 16.7. The molecule has 0 saturated carbocycles. The molecule has 2 amide bonds. The maximum atomic E-state index is 12.7. The minimum absolute atomic E-state index is 0.103. The van der Waals surface area contributed by atoms with Gasteiger partial charge in [0.05, 0.1) is 18.7 Å². The van der Waals surface area contributed by atoms with Crippen molar-refractivity contribution in [3.8, 4) is 5.75 Å². The van der Waals surface area contributed by atoms with Crippen molar-refractivity contribution in [2.75, 3.05) is 17.7 Å². The molecule has 2 heterocycles. The zero-order chi connectivity index (χ0) is 19.5. The molecule has 3 aromatic rings. The van der Waals surface area contributed by atoms with Crippen molar-refractivity contribution in [2.45, 2.75) is 25.2 Å². The maximum absolute atomic E-state index is 12.7. The van der Waals surface area contributed by atoms with Gasteiger partial charge in [-0.1, -0.05) is 0 Å². The third-order valence-corrected chi connectivity index (χ3v) is 6.24. The van der Waals surface area contributed by atoms with E-state index in [2.05, 4.69) is 20.6 Å². The first-order chi connectivity index (χ1) is 13.6. The highest BCUT2D eigenvalue weighted by molar-refractivity contribution is 7.16. The zero-order valence-electron chi connectivity index (χ0n) is 15.1. The van der Waals surface area contributed by atoms with Gasteiger partial charge in [0.25, 0.3) is 5.91 Å². The van der Waals surface area contributed by atoms with Crippen molar-refractivity contribution in [2.24, 2.45) is 0 Å². The second kappa shape index (κ2) is 8.07. The highest BCUT2D eigenvalue weighted by Crippen LogP contribution is 2.37. The molecule has 1 aliphatic carbocycles. The fourth-order valence-corrected chi connectivity index (χ4v) is 4.71. The summed E-state index contributed by atoms with van der Waals surface area (Å²) in [6, 6.07) is 6.87. The summed E-state index contributed by atoms with van der Waals surface area (Å²) < 4.78 is 5.11. The van der Waals surface area contributed by atoms with Gasteiger partial charge < -0.3 is 10.1 Å². The molecule has 0 bridgehead atoms. The molecule has 1 aliphatic rings. The summed E-state index contributed by atoms with van der Waals surface area (Å²) in [7, 11) is 1.58. The van der Waals surface area contributed by atoms with Gasteiger partial charge in [-0.3, -0.25) is 14.9 Å². The fraction of sp³-hybridized carbons (Fsp3) is 0.263. The number of thiazole rings is 2. The molecular formula is C19H18N4O3S2. The number of amides is 2. The number of hydrogen-bond donors (Lipinski definition) is 2. The highest BCUT2D eigenvalue weighted by Gasteiger charge is 2.31. The summed E-state index contributed by atoms with van der Waals surface area (Å²) in [6.07, 6.45) is 4.17. The summed E-state index contributed by atoms with van der Waals surface area (Å²) in [6.45, 7) is 0. The Kier molecular flexibility index (Phi) is 5.36. The van der Waals surface area contributed by atoms with Gasteiger partial charge in [0, 0.05) is 22.0 Å². The van der Waals surface area contributed by atoms with Crippen LogP contribution in [0.4, 0.5) is 10.3 Å². The first-order valence-corrected chi connectivity index (χ1v) is 10.5. The molecule has 1 aromatic carbocycles. The first-order valence-electron chi connectivity index (χ1n) is 8.79.